The Hall–Kier alpha value is -2.79. The number of ether oxygens (including phenoxy) is 2. The molecule has 0 radical (unpaired) electrons. The van der Waals surface area contributed by atoms with Gasteiger partial charge >= 0.3 is 0 Å². The van der Waals surface area contributed by atoms with Gasteiger partial charge in [-0.25, -0.2) is 5.01 Å². The van der Waals surface area contributed by atoms with Gasteiger partial charge in [0.25, 0.3) is 0 Å². The topological polar surface area (TPSA) is 34.1 Å². The van der Waals surface area contributed by atoms with Crippen LogP contribution in [0.1, 0.15) is 40.9 Å². The normalized spacial score (nSPS) is 19.8. The number of hydrogen-bond acceptors (Lipinski definition) is 4. The Morgan fingerprint density at radius 1 is 1.03 bits per heavy atom. The third-order valence-electron chi connectivity index (χ3n) is 5.54. The molecule has 0 aromatic heterocycles. The van der Waals surface area contributed by atoms with Gasteiger partial charge in [0.05, 0.1) is 18.9 Å². The molecule has 0 aliphatic carbocycles. The molecule has 0 unspecified atom stereocenters. The summed E-state index contributed by atoms with van der Waals surface area (Å²) in [5, 5.41) is 7.12. The summed E-state index contributed by atoms with van der Waals surface area (Å²) >= 11 is 3.61. The maximum absolute atomic E-state index is 6.42. The second-order valence-electron chi connectivity index (χ2n) is 7.44. The summed E-state index contributed by atoms with van der Waals surface area (Å²) in [7, 11) is 1.68. The van der Waals surface area contributed by atoms with Crippen LogP contribution in [0.2, 0.25) is 0 Å². The maximum Gasteiger partial charge on any atom is 0.213 e. The fraction of sp³-hybridized carbons (Fsp3) is 0.208. The highest BCUT2D eigenvalue weighted by Gasteiger charge is 2.41. The average Bonchev–Trinajstić information content (AvgIpc) is 3.20. The van der Waals surface area contributed by atoms with Crippen molar-refractivity contribution in [1.29, 1.82) is 0 Å². The summed E-state index contributed by atoms with van der Waals surface area (Å²) < 4.78 is 12.8. The minimum Gasteiger partial charge on any atom is -0.497 e. The van der Waals surface area contributed by atoms with Gasteiger partial charge < -0.3 is 9.47 Å². The molecule has 4 nitrogen and oxygen atoms in total. The van der Waals surface area contributed by atoms with Gasteiger partial charge in [0.1, 0.15) is 11.5 Å². The lowest BCUT2D eigenvalue weighted by Crippen LogP contribution is -2.33. The van der Waals surface area contributed by atoms with E-state index in [9.17, 15) is 0 Å². The highest BCUT2D eigenvalue weighted by atomic mass is 79.9. The first-order valence-corrected chi connectivity index (χ1v) is 10.4. The van der Waals surface area contributed by atoms with Crippen LogP contribution in [-0.4, -0.2) is 17.8 Å². The smallest absolute Gasteiger partial charge is 0.213 e. The van der Waals surface area contributed by atoms with E-state index in [1.54, 1.807) is 7.11 Å². The van der Waals surface area contributed by atoms with E-state index in [4.69, 9.17) is 14.6 Å². The Bertz CT molecular complexity index is 1080. The number of hydrazone groups is 1. The summed E-state index contributed by atoms with van der Waals surface area (Å²) in [5.41, 5.74) is 5.71. The molecule has 3 aromatic carbocycles. The molecule has 0 N–H and O–H groups in total. The number of nitrogens with zero attached hydrogens (tertiary/aromatic N) is 2. The van der Waals surface area contributed by atoms with Crippen LogP contribution in [0.3, 0.4) is 0 Å². The molecule has 2 heterocycles. The number of hydrogen-bond donors (Lipinski definition) is 0. The van der Waals surface area contributed by atoms with Crippen molar-refractivity contribution in [1.82, 2.24) is 5.01 Å². The van der Waals surface area contributed by atoms with Gasteiger partial charge in [-0.1, -0.05) is 45.8 Å². The first-order valence-electron chi connectivity index (χ1n) is 9.65. The minimum absolute atomic E-state index is 0.139. The molecule has 2 atom stereocenters. The number of fused-ring (bicyclic) bond motifs is 3. The molecule has 0 saturated carbocycles. The zero-order chi connectivity index (χ0) is 20.0. The molecule has 0 fully saturated rings. The second kappa shape index (κ2) is 7.23. The molecule has 29 heavy (non-hydrogen) atoms. The lowest BCUT2D eigenvalue weighted by Gasteiger charge is -2.38. The Morgan fingerprint density at radius 3 is 2.52 bits per heavy atom. The lowest BCUT2D eigenvalue weighted by atomic mass is 9.95. The van der Waals surface area contributed by atoms with E-state index in [0.29, 0.717) is 0 Å². The van der Waals surface area contributed by atoms with Crippen LogP contribution < -0.4 is 9.47 Å². The zero-order valence-corrected chi connectivity index (χ0v) is 17.9. The molecular weight excluding hydrogens is 428 g/mol. The molecule has 0 bridgehead atoms. The van der Waals surface area contributed by atoms with E-state index in [-0.39, 0.29) is 12.3 Å². The lowest BCUT2D eigenvalue weighted by molar-refractivity contribution is -0.0191. The third kappa shape index (κ3) is 3.29. The number of halogens is 1. The van der Waals surface area contributed by atoms with Crippen molar-refractivity contribution in [3.05, 3.63) is 93.5 Å². The van der Waals surface area contributed by atoms with E-state index in [1.165, 1.54) is 5.56 Å². The number of rotatable bonds is 3. The molecule has 0 amide bonds. The predicted octanol–water partition coefficient (Wildman–Crippen LogP) is 6.01. The monoisotopic (exact) mass is 448 g/mol. The molecular formula is C24H21BrN2O2. The minimum atomic E-state index is -0.275. The Balaban J connectivity index is 1.58. The summed E-state index contributed by atoms with van der Waals surface area (Å²) in [6, 6.07) is 22.9. The average molecular weight is 449 g/mol. The number of methoxy groups -OCH3 is 1. The largest absolute Gasteiger partial charge is 0.497 e. The van der Waals surface area contributed by atoms with Gasteiger partial charge in [-0.05, 0) is 55.0 Å². The molecule has 0 saturated heterocycles. The molecule has 3 aromatic rings. The summed E-state index contributed by atoms with van der Waals surface area (Å²) in [6.07, 6.45) is 0.574. The number of benzene rings is 3. The highest BCUT2D eigenvalue weighted by molar-refractivity contribution is 9.10. The molecule has 2 aliphatic heterocycles. The van der Waals surface area contributed by atoms with E-state index >= 15 is 0 Å². The van der Waals surface area contributed by atoms with Crippen LogP contribution in [-0.2, 0) is 0 Å². The van der Waals surface area contributed by atoms with Crippen molar-refractivity contribution in [2.75, 3.05) is 7.11 Å². The second-order valence-corrected chi connectivity index (χ2v) is 8.35. The van der Waals surface area contributed by atoms with E-state index in [2.05, 4.69) is 58.2 Å². The van der Waals surface area contributed by atoms with Crippen molar-refractivity contribution < 1.29 is 9.47 Å². The Morgan fingerprint density at radius 2 is 1.79 bits per heavy atom. The molecule has 2 aliphatic rings. The van der Waals surface area contributed by atoms with Crippen LogP contribution >= 0.6 is 15.9 Å². The van der Waals surface area contributed by atoms with Crippen LogP contribution in [0.4, 0.5) is 0 Å². The SMILES string of the molecule is COc1ccc([C@@H]2Oc3ccc(Br)cc3[C@@H]3CC(c4ccc(C)cc4)=NN32)cc1. The van der Waals surface area contributed by atoms with Crippen molar-refractivity contribution >= 4 is 21.6 Å². The first kappa shape index (κ1) is 18.3. The summed E-state index contributed by atoms with van der Waals surface area (Å²) in [4.78, 5) is 0. The quantitative estimate of drug-likeness (QED) is 0.491. The van der Waals surface area contributed by atoms with Crippen molar-refractivity contribution in [3.8, 4) is 11.5 Å². The predicted molar refractivity (Wildman–Crippen MR) is 117 cm³/mol. The maximum atomic E-state index is 6.42. The van der Waals surface area contributed by atoms with E-state index in [0.717, 1.165) is 44.8 Å². The van der Waals surface area contributed by atoms with Crippen LogP contribution in [0.25, 0.3) is 0 Å². The molecule has 5 heteroatoms. The molecule has 5 rings (SSSR count). The van der Waals surface area contributed by atoms with Gasteiger partial charge in [-0.3, -0.25) is 0 Å². The summed E-state index contributed by atoms with van der Waals surface area (Å²) in [5.74, 6) is 1.74. The zero-order valence-electron chi connectivity index (χ0n) is 16.3. The van der Waals surface area contributed by atoms with E-state index < -0.39 is 0 Å². The third-order valence-corrected chi connectivity index (χ3v) is 6.03. The van der Waals surface area contributed by atoms with Crippen molar-refractivity contribution in [3.63, 3.8) is 0 Å². The van der Waals surface area contributed by atoms with Gasteiger partial charge in [-0.15, -0.1) is 0 Å². The van der Waals surface area contributed by atoms with Gasteiger partial charge in [0, 0.05) is 22.0 Å². The molecule has 146 valence electrons. The van der Waals surface area contributed by atoms with Crippen LogP contribution in [0, 0.1) is 6.92 Å². The first-order chi connectivity index (χ1) is 14.1. The standard InChI is InChI=1S/C24H21BrN2O2/c1-15-3-5-16(6-4-15)21-14-22-20-13-18(25)9-12-23(20)29-24(27(22)26-21)17-7-10-19(28-2)11-8-17/h3-13,22,24H,14H2,1-2H3/t22-,24-/m0/s1. The Kier molecular flexibility index (Phi) is 4.55. The highest BCUT2D eigenvalue weighted by Crippen LogP contribution is 2.48. The van der Waals surface area contributed by atoms with Gasteiger partial charge in [0.15, 0.2) is 0 Å². The van der Waals surface area contributed by atoms with Gasteiger partial charge in [0.2, 0.25) is 6.23 Å². The van der Waals surface area contributed by atoms with Crippen LogP contribution in [0.5, 0.6) is 11.5 Å². The molecule has 0 spiro atoms. The number of aryl methyl sites for hydroxylation is 1. The van der Waals surface area contributed by atoms with Gasteiger partial charge in [-0.2, -0.15) is 5.10 Å². The fourth-order valence-electron chi connectivity index (χ4n) is 3.97. The van der Waals surface area contributed by atoms with Crippen LogP contribution in [0.15, 0.2) is 76.3 Å². The van der Waals surface area contributed by atoms with E-state index in [1.807, 2.05) is 36.4 Å². The fourth-order valence-corrected chi connectivity index (χ4v) is 4.35. The van der Waals surface area contributed by atoms with Crippen molar-refractivity contribution in [2.24, 2.45) is 5.10 Å². The van der Waals surface area contributed by atoms with Crippen molar-refractivity contribution in [2.45, 2.75) is 25.6 Å². The Labute approximate surface area is 178 Å². The summed E-state index contributed by atoms with van der Waals surface area (Å²) in [6.45, 7) is 2.10.